The van der Waals surface area contributed by atoms with Gasteiger partial charge in [-0.15, -0.1) is 24.2 Å². The molecule has 1 saturated carbocycles. The number of piperidine rings is 1. The van der Waals surface area contributed by atoms with Gasteiger partial charge >= 0.3 is 0 Å². The van der Waals surface area contributed by atoms with Crippen LogP contribution in [0.25, 0.3) is 0 Å². The predicted octanol–water partition coefficient (Wildman–Crippen LogP) is 3.55. The second kappa shape index (κ2) is 11.1. The zero-order valence-corrected chi connectivity index (χ0v) is 18.3. The summed E-state index contributed by atoms with van der Waals surface area (Å²) in [7, 11) is 1.92. The Morgan fingerprint density at radius 3 is 2.43 bits per heavy atom. The molecule has 0 aromatic heterocycles. The van der Waals surface area contributed by atoms with Crippen LogP contribution in [0.3, 0.4) is 0 Å². The van der Waals surface area contributed by atoms with Gasteiger partial charge < -0.3 is 15.5 Å². The monoisotopic (exact) mass is 425 g/mol. The standard InChI is InChI=1S/C21H31N3O2S.ClH/c1-23(17-7-3-2-4-8-17)20(25)15-27-19-10-6-5-9-18(19)21(26)24-13-11-16(22)12-14-24;/h5-6,9-10,16-17H,2-4,7-8,11-15,22H2,1H3;1H. The average Bonchev–Trinajstić information content (AvgIpc) is 2.72. The summed E-state index contributed by atoms with van der Waals surface area (Å²) in [4.78, 5) is 30.3. The second-order valence-electron chi connectivity index (χ2n) is 7.71. The minimum absolute atomic E-state index is 0. The fourth-order valence-corrected chi connectivity index (χ4v) is 4.92. The van der Waals surface area contributed by atoms with Crippen molar-refractivity contribution in [2.75, 3.05) is 25.9 Å². The van der Waals surface area contributed by atoms with E-state index >= 15 is 0 Å². The van der Waals surface area contributed by atoms with Gasteiger partial charge in [0.15, 0.2) is 0 Å². The molecule has 2 fully saturated rings. The van der Waals surface area contributed by atoms with Crippen molar-refractivity contribution in [3.8, 4) is 0 Å². The lowest BCUT2D eigenvalue weighted by molar-refractivity contribution is -0.129. The van der Waals surface area contributed by atoms with Gasteiger partial charge in [-0.2, -0.15) is 0 Å². The minimum atomic E-state index is 0. The Balaban J connectivity index is 0.00000280. The fraction of sp³-hybridized carbons (Fsp3) is 0.619. The molecule has 1 heterocycles. The molecule has 1 aliphatic carbocycles. The molecule has 0 radical (unpaired) electrons. The van der Waals surface area contributed by atoms with Gasteiger partial charge in [-0.3, -0.25) is 9.59 Å². The van der Waals surface area contributed by atoms with Crippen LogP contribution in [0.15, 0.2) is 29.2 Å². The number of likely N-dealkylation sites (tertiary alicyclic amines) is 1. The quantitative estimate of drug-likeness (QED) is 0.732. The maximum absolute atomic E-state index is 12.9. The number of nitrogens with zero attached hydrogens (tertiary/aromatic N) is 2. The number of thioether (sulfide) groups is 1. The van der Waals surface area contributed by atoms with Crippen molar-refractivity contribution >= 4 is 36.0 Å². The maximum atomic E-state index is 12.9. The third-order valence-corrected chi connectivity index (χ3v) is 6.87. The molecular weight excluding hydrogens is 394 g/mol. The molecule has 0 bridgehead atoms. The minimum Gasteiger partial charge on any atom is -0.342 e. The Morgan fingerprint density at radius 2 is 1.75 bits per heavy atom. The van der Waals surface area contributed by atoms with Crippen molar-refractivity contribution in [3.05, 3.63) is 29.8 Å². The lowest BCUT2D eigenvalue weighted by Crippen LogP contribution is -2.43. The Labute approximate surface area is 178 Å². The van der Waals surface area contributed by atoms with Gasteiger partial charge in [-0.05, 0) is 37.8 Å². The molecule has 1 aromatic carbocycles. The normalized spacial score (nSPS) is 18.4. The summed E-state index contributed by atoms with van der Waals surface area (Å²) in [6, 6.07) is 8.22. The van der Waals surface area contributed by atoms with Crippen molar-refractivity contribution < 1.29 is 9.59 Å². The van der Waals surface area contributed by atoms with Crippen molar-refractivity contribution in [2.24, 2.45) is 5.73 Å². The number of benzene rings is 1. The van der Waals surface area contributed by atoms with E-state index in [0.29, 0.717) is 30.4 Å². The smallest absolute Gasteiger partial charge is 0.254 e. The molecule has 7 heteroatoms. The first kappa shape index (κ1) is 23.0. The summed E-state index contributed by atoms with van der Waals surface area (Å²) in [5.41, 5.74) is 6.65. The summed E-state index contributed by atoms with van der Waals surface area (Å²) in [6.45, 7) is 1.42. The summed E-state index contributed by atoms with van der Waals surface area (Å²) in [5.74, 6) is 0.582. The first-order valence-electron chi connectivity index (χ1n) is 10.1. The van der Waals surface area contributed by atoms with Crippen LogP contribution in [-0.4, -0.2) is 59.6 Å². The molecule has 5 nitrogen and oxygen atoms in total. The van der Waals surface area contributed by atoms with E-state index in [1.807, 2.05) is 41.1 Å². The maximum Gasteiger partial charge on any atom is 0.254 e. The molecule has 2 amide bonds. The first-order chi connectivity index (χ1) is 13.1. The predicted molar refractivity (Wildman–Crippen MR) is 117 cm³/mol. The highest BCUT2D eigenvalue weighted by molar-refractivity contribution is 8.00. The van der Waals surface area contributed by atoms with Gasteiger partial charge in [0.05, 0.1) is 11.3 Å². The number of nitrogens with two attached hydrogens (primary N) is 1. The third-order valence-electron chi connectivity index (χ3n) is 5.81. The number of halogens is 1. The summed E-state index contributed by atoms with van der Waals surface area (Å²) < 4.78 is 0. The SMILES string of the molecule is CN(C(=O)CSc1ccccc1C(=O)N1CCC(N)CC1)C1CCCCC1.Cl. The van der Waals surface area contributed by atoms with Crippen LogP contribution in [0.1, 0.15) is 55.3 Å². The second-order valence-corrected chi connectivity index (χ2v) is 8.73. The lowest BCUT2D eigenvalue weighted by atomic mass is 9.94. The third kappa shape index (κ3) is 5.88. The number of hydrogen-bond acceptors (Lipinski definition) is 4. The molecule has 1 aromatic rings. The zero-order chi connectivity index (χ0) is 19.2. The van der Waals surface area contributed by atoms with Crippen LogP contribution >= 0.6 is 24.2 Å². The Morgan fingerprint density at radius 1 is 1.11 bits per heavy atom. The van der Waals surface area contributed by atoms with E-state index in [1.54, 1.807) is 0 Å². The van der Waals surface area contributed by atoms with Crippen LogP contribution in [0.4, 0.5) is 0 Å². The first-order valence-corrected chi connectivity index (χ1v) is 11.1. The summed E-state index contributed by atoms with van der Waals surface area (Å²) in [5, 5.41) is 0. The van der Waals surface area contributed by atoms with Gasteiger partial charge in [0.25, 0.3) is 5.91 Å². The largest absolute Gasteiger partial charge is 0.342 e. The topological polar surface area (TPSA) is 66.6 Å². The van der Waals surface area contributed by atoms with Crippen molar-refractivity contribution in [3.63, 3.8) is 0 Å². The number of hydrogen-bond donors (Lipinski definition) is 1. The zero-order valence-electron chi connectivity index (χ0n) is 16.6. The molecule has 2 N–H and O–H groups in total. The van der Waals surface area contributed by atoms with Crippen LogP contribution in [-0.2, 0) is 4.79 Å². The highest BCUT2D eigenvalue weighted by Gasteiger charge is 2.25. The molecule has 0 unspecified atom stereocenters. The Hall–Kier alpha value is -1.24. The van der Waals surface area contributed by atoms with Gasteiger partial charge in [-0.1, -0.05) is 31.4 Å². The number of carbonyl (C=O) groups excluding carboxylic acids is 2. The van der Waals surface area contributed by atoms with Crippen LogP contribution < -0.4 is 5.73 Å². The Bertz CT molecular complexity index is 659. The highest BCUT2D eigenvalue weighted by atomic mass is 35.5. The van der Waals surface area contributed by atoms with Gasteiger partial charge in [0, 0.05) is 37.1 Å². The summed E-state index contributed by atoms with van der Waals surface area (Å²) >= 11 is 1.48. The van der Waals surface area contributed by atoms with Crippen LogP contribution in [0.5, 0.6) is 0 Å². The van der Waals surface area contributed by atoms with E-state index in [-0.39, 0.29) is 30.3 Å². The lowest BCUT2D eigenvalue weighted by Gasteiger charge is -2.31. The van der Waals surface area contributed by atoms with Gasteiger partial charge in [0.1, 0.15) is 0 Å². The molecule has 0 spiro atoms. The molecule has 156 valence electrons. The fourth-order valence-electron chi connectivity index (χ4n) is 3.96. The number of amides is 2. The van der Waals surface area contributed by atoms with Gasteiger partial charge in [-0.25, -0.2) is 0 Å². The van der Waals surface area contributed by atoms with E-state index in [9.17, 15) is 9.59 Å². The van der Waals surface area contributed by atoms with Crippen molar-refractivity contribution in [1.29, 1.82) is 0 Å². The van der Waals surface area contributed by atoms with Gasteiger partial charge in [0.2, 0.25) is 5.91 Å². The molecule has 0 atom stereocenters. The van der Waals surface area contributed by atoms with E-state index in [0.717, 1.165) is 30.6 Å². The highest BCUT2D eigenvalue weighted by Crippen LogP contribution is 2.27. The van der Waals surface area contributed by atoms with Crippen LogP contribution in [0.2, 0.25) is 0 Å². The van der Waals surface area contributed by atoms with E-state index < -0.39 is 0 Å². The molecule has 1 saturated heterocycles. The molecule has 3 rings (SSSR count). The molecular formula is C21H32ClN3O2S. The van der Waals surface area contributed by atoms with Crippen molar-refractivity contribution in [2.45, 2.75) is 61.9 Å². The van der Waals surface area contributed by atoms with E-state index in [4.69, 9.17) is 5.73 Å². The Kier molecular flexibility index (Phi) is 9.12. The number of carbonyl (C=O) groups is 2. The van der Waals surface area contributed by atoms with E-state index in [2.05, 4.69) is 0 Å². The molecule has 28 heavy (non-hydrogen) atoms. The number of rotatable bonds is 5. The average molecular weight is 426 g/mol. The van der Waals surface area contributed by atoms with Crippen molar-refractivity contribution in [1.82, 2.24) is 9.80 Å². The molecule has 2 aliphatic rings. The summed E-state index contributed by atoms with van der Waals surface area (Å²) in [6.07, 6.45) is 7.64. The van der Waals surface area contributed by atoms with Crippen LogP contribution in [0, 0.1) is 0 Å². The molecule has 1 aliphatic heterocycles. The van der Waals surface area contributed by atoms with E-state index in [1.165, 1.54) is 31.0 Å².